The molecule has 0 saturated carbocycles. The number of hydrogen-bond donors (Lipinski definition) is 1. The minimum Gasteiger partial charge on any atom is -0.354 e. The lowest BCUT2D eigenvalue weighted by molar-refractivity contribution is -0.139. The fourth-order valence-corrected chi connectivity index (χ4v) is 5.86. The van der Waals surface area contributed by atoms with Crippen LogP contribution in [-0.4, -0.2) is 44.3 Å². The minimum atomic E-state index is -4.08. The van der Waals surface area contributed by atoms with Crippen molar-refractivity contribution >= 4 is 59.4 Å². The highest BCUT2D eigenvalue weighted by atomic mass is 79.9. The highest BCUT2D eigenvalue weighted by Crippen LogP contribution is 2.27. The summed E-state index contributed by atoms with van der Waals surface area (Å²) >= 11 is 6.81. The smallest absolute Gasteiger partial charge is 0.264 e. The van der Waals surface area contributed by atoms with E-state index in [1.807, 2.05) is 31.2 Å². The van der Waals surface area contributed by atoms with Gasteiger partial charge in [-0.2, -0.15) is 0 Å². The van der Waals surface area contributed by atoms with Crippen LogP contribution in [0.2, 0.25) is 0 Å². The average Bonchev–Trinajstić information content (AvgIpc) is 2.91. The number of anilines is 1. The number of carbonyl (C=O) groups excluding carboxylic acids is 2. The number of sulfonamides is 1. The molecule has 38 heavy (non-hydrogen) atoms. The van der Waals surface area contributed by atoms with Crippen LogP contribution in [0.4, 0.5) is 5.69 Å². The topological polar surface area (TPSA) is 86.8 Å². The molecule has 0 aliphatic carbocycles. The molecule has 2 amide bonds. The molecule has 10 heteroatoms. The third-order valence-corrected chi connectivity index (χ3v) is 8.78. The van der Waals surface area contributed by atoms with Crippen molar-refractivity contribution in [2.75, 3.05) is 17.4 Å². The Labute approximate surface area is 241 Å². The zero-order chi connectivity index (χ0) is 27.7. The summed E-state index contributed by atoms with van der Waals surface area (Å²) in [5.41, 5.74) is 1.15. The molecule has 0 aliphatic rings. The first kappa shape index (κ1) is 29.9. The van der Waals surface area contributed by atoms with Crippen LogP contribution in [0.3, 0.4) is 0 Å². The van der Waals surface area contributed by atoms with E-state index in [4.69, 9.17) is 0 Å². The number of nitrogens with one attached hydrogen (secondary N) is 1. The van der Waals surface area contributed by atoms with Gasteiger partial charge in [-0.15, -0.1) is 0 Å². The molecular formula is C28H31Br2N3O4S. The van der Waals surface area contributed by atoms with E-state index in [0.29, 0.717) is 16.7 Å². The van der Waals surface area contributed by atoms with Gasteiger partial charge in [0.15, 0.2) is 0 Å². The Bertz CT molecular complexity index is 1340. The van der Waals surface area contributed by atoms with E-state index in [2.05, 4.69) is 37.2 Å². The highest BCUT2D eigenvalue weighted by Gasteiger charge is 2.32. The lowest BCUT2D eigenvalue weighted by atomic mass is 10.1. The van der Waals surface area contributed by atoms with E-state index in [9.17, 15) is 18.0 Å². The van der Waals surface area contributed by atoms with Crippen molar-refractivity contribution in [1.29, 1.82) is 0 Å². The molecule has 0 aliphatic heterocycles. The number of nitrogens with zero attached hydrogens (tertiary/aromatic N) is 2. The molecule has 0 fully saturated rings. The number of carbonyl (C=O) groups is 2. The highest BCUT2D eigenvalue weighted by molar-refractivity contribution is 9.10. The molecule has 0 aromatic heterocycles. The molecule has 3 aromatic carbocycles. The molecule has 3 aromatic rings. The summed E-state index contributed by atoms with van der Waals surface area (Å²) in [5.74, 6) is -0.783. The summed E-state index contributed by atoms with van der Waals surface area (Å²) < 4.78 is 30.1. The molecule has 7 nitrogen and oxygen atoms in total. The lowest BCUT2D eigenvalue weighted by Gasteiger charge is -2.32. The maximum atomic E-state index is 13.9. The van der Waals surface area contributed by atoms with Gasteiger partial charge in [0.05, 0.1) is 10.6 Å². The van der Waals surface area contributed by atoms with Gasteiger partial charge in [0.1, 0.15) is 12.6 Å². The van der Waals surface area contributed by atoms with Crippen molar-refractivity contribution in [3.05, 3.63) is 93.4 Å². The maximum Gasteiger partial charge on any atom is 0.264 e. The monoisotopic (exact) mass is 663 g/mol. The normalized spacial score (nSPS) is 12.0. The van der Waals surface area contributed by atoms with Crippen LogP contribution in [0, 0.1) is 0 Å². The van der Waals surface area contributed by atoms with E-state index in [-0.39, 0.29) is 17.3 Å². The van der Waals surface area contributed by atoms with E-state index in [1.165, 1.54) is 17.0 Å². The number of benzene rings is 3. The molecule has 0 radical (unpaired) electrons. The first-order valence-corrected chi connectivity index (χ1v) is 15.3. The minimum absolute atomic E-state index is 0.0672. The lowest BCUT2D eigenvalue weighted by Crippen LogP contribution is -2.51. The average molecular weight is 665 g/mol. The first-order chi connectivity index (χ1) is 18.1. The Hall–Kier alpha value is -2.69. The van der Waals surface area contributed by atoms with Gasteiger partial charge in [0, 0.05) is 22.0 Å². The van der Waals surface area contributed by atoms with Gasteiger partial charge in [-0.1, -0.05) is 81.6 Å². The number of halogens is 2. The predicted octanol–water partition coefficient (Wildman–Crippen LogP) is 5.74. The third kappa shape index (κ3) is 7.91. The van der Waals surface area contributed by atoms with Gasteiger partial charge >= 0.3 is 0 Å². The molecule has 1 N–H and O–H groups in total. The van der Waals surface area contributed by atoms with Gasteiger partial charge in [0.2, 0.25) is 11.8 Å². The van der Waals surface area contributed by atoms with Crippen LogP contribution in [-0.2, 0) is 26.2 Å². The molecule has 0 spiro atoms. The molecule has 0 saturated heterocycles. The van der Waals surface area contributed by atoms with Gasteiger partial charge in [-0.25, -0.2) is 8.42 Å². The second kappa shape index (κ2) is 13.9. The van der Waals surface area contributed by atoms with Crippen LogP contribution in [0.25, 0.3) is 0 Å². The SMILES string of the molecule is CCCCNC(=O)[C@H](C)N(Cc1ccc(Br)cc1)C(=O)CN(c1cccc(Br)c1)S(=O)(=O)c1ccccc1. The molecule has 0 bridgehead atoms. The van der Waals surface area contributed by atoms with E-state index in [1.54, 1.807) is 49.4 Å². The Balaban J connectivity index is 1.98. The number of unbranched alkanes of at least 4 members (excludes halogenated alkanes) is 1. The van der Waals surface area contributed by atoms with Gasteiger partial charge < -0.3 is 10.2 Å². The molecule has 3 rings (SSSR count). The van der Waals surface area contributed by atoms with Crippen LogP contribution in [0.15, 0.2) is 92.7 Å². The molecule has 0 heterocycles. The van der Waals surface area contributed by atoms with Crippen LogP contribution >= 0.6 is 31.9 Å². The first-order valence-electron chi connectivity index (χ1n) is 12.3. The summed E-state index contributed by atoms with van der Waals surface area (Å²) in [4.78, 5) is 28.3. The summed E-state index contributed by atoms with van der Waals surface area (Å²) in [7, 11) is -4.08. The van der Waals surface area contributed by atoms with Crippen molar-refractivity contribution in [3.63, 3.8) is 0 Å². The Morgan fingerprint density at radius 1 is 0.921 bits per heavy atom. The second-order valence-electron chi connectivity index (χ2n) is 8.77. The Morgan fingerprint density at radius 2 is 1.61 bits per heavy atom. The van der Waals surface area contributed by atoms with E-state index in [0.717, 1.165) is 27.2 Å². The zero-order valence-corrected chi connectivity index (χ0v) is 25.3. The van der Waals surface area contributed by atoms with Crippen molar-refractivity contribution in [2.24, 2.45) is 0 Å². The summed E-state index contributed by atoms with van der Waals surface area (Å²) in [6.45, 7) is 3.87. The van der Waals surface area contributed by atoms with Crippen molar-refractivity contribution in [2.45, 2.75) is 44.2 Å². The Morgan fingerprint density at radius 3 is 2.24 bits per heavy atom. The molecular weight excluding hydrogens is 634 g/mol. The number of amides is 2. The number of rotatable bonds is 12. The van der Waals surface area contributed by atoms with E-state index >= 15 is 0 Å². The maximum absolute atomic E-state index is 13.9. The zero-order valence-electron chi connectivity index (χ0n) is 21.3. The van der Waals surface area contributed by atoms with Crippen LogP contribution in [0.5, 0.6) is 0 Å². The van der Waals surface area contributed by atoms with Crippen molar-refractivity contribution in [3.8, 4) is 0 Å². The van der Waals surface area contributed by atoms with Gasteiger partial charge in [-0.3, -0.25) is 13.9 Å². The predicted molar refractivity (Wildman–Crippen MR) is 157 cm³/mol. The molecule has 0 unspecified atom stereocenters. The van der Waals surface area contributed by atoms with Crippen molar-refractivity contribution in [1.82, 2.24) is 10.2 Å². The number of hydrogen-bond acceptors (Lipinski definition) is 4. The van der Waals surface area contributed by atoms with Crippen LogP contribution < -0.4 is 9.62 Å². The molecule has 1 atom stereocenters. The second-order valence-corrected chi connectivity index (χ2v) is 12.5. The fourth-order valence-electron chi connectivity index (χ4n) is 3.78. The fraction of sp³-hybridized carbons (Fsp3) is 0.286. The summed E-state index contributed by atoms with van der Waals surface area (Å²) in [5, 5.41) is 2.88. The molecule has 202 valence electrons. The quantitative estimate of drug-likeness (QED) is 0.250. The summed E-state index contributed by atoms with van der Waals surface area (Å²) in [6, 6.07) is 21.4. The van der Waals surface area contributed by atoms with Crippen LogP contribution in [0.1, 0.15) is 32.3 Å². The standard InChI is InChI=1S/C28H31Br2N3O4S/c1-3-4-17-31-28(35)21(2)32(19-22-13-15-23(29)16-14-22)27(34)20-33(25-10-8-9-24(30)18-25)38(36,37)26-11-6-5-7-12-26/h5-16,18,21H,3-4,17,19-20H2,1-2H3,(H,31,35)/t21-/m0/s1. The van der Waals surface area contributed by atoms with E-state index < -0.39 is 28.5 Å². The third-order valence-electron chi connectivity index (χ3n) is 5.97. The van der Waals surface area contributed by atoms with Crippen molar-refractivity contribution < 1.29 is 18.0 Å². The largest absolute Gasteiger partial charge is 0.354 e. The Kier molecular flexibility index (Phi) is 10.9. The summed E-state index contributed by atoms with van der Waals surface area (Å²) in [6.07, 6.45) is 1.75. The van der Waals surface area contributed by atoms with Gasteiger partial charge in [0.25, 0.3) is 10.0 Å². The van der Waals surface area contributed by atoms with Gasteiger partial charge in [-0.05, 0) is 61.4 Å².